The molecule has 5 heteroatoms. The zero-order valence-electron chi connectivity index (χ0n) is 14.2. The molecule has 1 aromatic carbocycles. The van der Waals surface area contributed by atoms with Gasteiger partial charge in [0.15, 0.2) is 0 Å². The standard InChI is InChI=1S/C19H24N4O/c1-16-13-21-18(14-20-16)19(24)23(12-11-22-9-5-6-10-22)15-17-7-3-2-4-8-17/h2-4,7-8,13-14H,5-6,9-12,15H2,1H3. The molecule has 0 saturated carbocycles. The number of benzene rings is 1. The van der Waals surface area contributed by atoms with Gasteiger partial charge in [-0.25, -0.2) is 4.98 Å². The van der Waals surface area contributed by atoms with Gasteiger partial charge in [-0.3, -0.25) is 9.78 Å². The predicted molar refractivity (Wildman–Crippen MR) is 93.6 cm³/mol. The summed E-state index contributed by atoms with van der Waals surface area (Å²) in [5.74, 6) is -0.0504. The summed E-state index contributed by atoms with van der Waals surface area (Å²) in [6.07, 6.45) is 5.74. The highest BCUT2D eigenvalue weighted by Gasteiger charge is 2.20. The van der Waals surface area contributed by atoms with E-state index >= 15 is 0 Å². The van der Waals surface area contributed by atoms with E-state index in [1.807, 2.05) is 30.0 Å². The van der Waals surface area contributed by atoms with Crippen LogP contribution in [0.5, 0.6) is 0 Å². The first-order valence-electron chi connectivity index (χ1n) is 8.56. The molecule has 126 valence electrons. The number of likely N-dealkylation sites (tertiary alicyclic amines) is 1. The Kier molecular flexibility index (Phi) is 5.54. The minimum absolute atomic E-state index is 0.0504. The normalized spacial score (nSPS) is 14.7. The molecule has 1 fully saturated rings. The number of aryl methyl sites for hydroxylation is 1. The van der Waals surface area contributed by atoms with Gasteiger partial charge in [0.2, 0.25) is 0 Å². The second-order valence-corrected chi connectivity index (χ2v) is 6.30. The minimum atomic E-state index is -0.0504. The van der Waals surface area contributed by atoms with E-state index in [4.69, 9.17) is 0 Å². The number of aromatic nitrogens is 2. The lowest BCUT2D eigenvalue weighted by Crippen LogP contribution is -2.38. The Morgan fingerprint density at radius 2 is 1.88 bits per heavy atom. The Morgan fingerprint density at radius 3 is 2.54 bits per heavy atom. The van der Waals surface area contributed by atoms with Crippen LogP contribution >= 0.6 is 0 Å². The lowest BCUT2D eigenvalue weighted by atomic mass is 10.2. The fourth-order valence-corrected chi connectivity index (χ4v) is 2.99. The zero-order valence-corrected chi connectivity index (χ0v) is 14.2. The van der Waals surface area contributed by atoms with Gasteiger partial charge >= 0.3 is 0 Å². The molecule has 0 radical (unpaired) electrons. The van der Waals surface area contributed by atoms with Crippen molar-refractivity contribution in [1.29, 1.82) is 0 Å². The number of hydrogen-bond acceptors (Lipinski definition) is 4. The van der Waals surface area contributed by atoms with Crippen LogP contribution in [-0.2, 0) is 6.54 Å². The minimum Gasteiger partial charge on any atom is -0.332 e. The van der Waals surface area contributed by atoms with Crippen LogP contribution in [0.25, 0.3) is 0 Å². The molecule has 0 aliphatic carbocycles. The molecule has 24 heavy (non-hydrogen) atoms. The smallest absolute Gasteiger partial charge is 0.274 e. The van der Waals surface area contributed by atoms with Crippen molar-refractivity contribution in [3.8, 4) is 0 Å². The summed E-state index contributed by atoms with van der Waals surface area (Å²) in [4.78, 5) is 25.6. The predicted octanol–water partition coefficient (Wildman–Crippen LogP) is 2.52. The van der Waals surface area contributed by atoms with Gasteiger partial charge in [-0.15, -0.1) is 0 Å². The fourth-order valence-electron chi connectivity index (χ4n) is 2.99. The van der Waals surface area contributed by atoms with Gasteiger partial charge in [0.1, 0.15) is 5.69 Å². The molecule has 0 spiro atoms. The maximum Gasteiger partial charge on any atom is 0.274 e. The highest BCUT2D eigenvalue weighted by atomic mass is 16.2. The van der Waals surface area contributed by atoms with Crippen LogP contribution in [-0.4, -0.2) is 51.9 Å². The van der Waals surface area contributed by atoms with Crippen molar-refractivity contribution in [2.75, 3.05) is 26.2 Å². The molecule has 2 aromatic rings. The van der Waals surface area contributed by atoms with E-state index < -0.39 is 0 Å². The number of rotatable bonds is 6. The molecule has 3 rings (SSSR count). The van der Waals surface area contributed by atoms with Crippen molar-refractivity contribution >= 4 is 5.91 Å². The Labute approximate surface area is 143 Å². The summed E-state index contributed by atoms with van der Waals surface area (Å²) in [6, 6.07) is 10.1. The van der Waals surface area contributed by atoms with E-state index in [2.05, 4.69) is 27.0 Å². The van der Waals surface area contributed by atoms with E-state index in [1.54, 1.807) is 12.4 Å². The number of hydrogen-bond donors (Lipinski definition) is 0. The van der Waals surface area contributed by atoms with Crippen molar-refractivity contribution in [2.45, 2.75) is 26.3 Å². The Hall–Kier alpha value is -2.27. The van der Waals surface area contributed by atoms with Crippen molar-refractivity contribution < 1.29 is 4.79 Å². The molecular formula is C19H24N4O. The van der Waals surface area contributed by atoms with Crippen molar-refractivity contribution in [3.05, 3.63) is 59.7 Å². The summed E-state index contributed by atoms with van der Waals surface area (Å²) in [5, 5.41) is 0. The van der Waals surface area contributed by atoms with Gasteiger partial charge in [0.25, 0.3) is 5.91 Å². The molecule has 2 heterocycles. The van der Waals surface area contributed by atoms with Crippen LogP contribution in [0.4, 0.5) is 0 Å². The highest BCUT2D eigenvalue weighted by molar-refractivity contribution is 5.92. The van der Waals surface area contributed by atoms with Gasteiger partial charge in [-0.1, -0.05) is 30.3 Å². The SMILES string of the molecule is Cc1cnc(C(=O)N(CCN2CCCC2)Cc2ccccc2)cn1. The molecule has 1 aliphatic rings. The molecule has 1 saturated heterocycles. The van der Waals surface area contributed by atoms with E-state index in [1.165, 1.54) is 12.8 Å². The first-order chi connectivity index (χ1) is 11.7. The van der Waals surface area contributed by atoms with Crippen LogP contribution < -0.4 is 0 Å². The van der Waals surface area contributed by atoms with Crippen LogP contribution in [0.15, 0.2) is 42.7 Å². The highest BCUT2D eigenvalue weighted by Crippen LogP contribution is 2.11. The van der Waals surface area contributed by atoms with Gasteiger partial charge in [-0.05, 0) is 38.4 Å². The summed E-state index contributed by atoms with van der Waals surface area (Å²) in [6.45, 7) is 6.37. The topological polar surface area (TPSA) is 49.3 Å². The van der Waals surface area contributed by atoms with E-state index in [0.717, 1.165) is 30.9 Å². The Balaban J connectivity index is 1.72. The third kappa shape index (κ3) is 4.38. The molecule has 1 aliphatic heterocycles. The van der Waals surface area contributed by atoms with E-state index in [-0.39, 0.29) is 5.91 Å². The number of amides is 1. The summed E-state index contributed by atoms with van der Waals surface area (Å²) in [5.41, 5.74) is 2.36. The maximum absolute atomic E-state index is 12.9. The molecule has 0 bridgehead atoms. The average Bonchev–Trinajstić information content (AvgIpc) is 3.13. The average molecular weight is 324 g/mol. The molecular weight excluding hydrogens is 300 g/mol. The molecule has 1 amide bonds. The lowest BCUT2D eigenvalue weighted by molar-refractivity contribution is 0.0720. The van der Waals surface area contributed by atoms with E-state index in [0.29, 0.717) is 18.8 Å². The zero-order chi connectivity index (χ0) is 16.8. The van der Waals surface area contributed by atoms with Crippen LogP contribution in [0.2, 0.25) is 0 Å². The summed E-state index contributed by atoms with van der Waals surface area (Å²) >= 11 is 0. The number of carbonyl (C=O) groups excluding carboxylic acids is 1. The summed E-state index contributed by atoms with van der Waals surface area (Å²) < 4.78 is 0. The Bertz CT molecular complexity index is 651. The van der Waals surface area contributed by atoms with E-state index in [9.17, 15) is 4.79 Å². The fraction of sp³-hybridized carbons (Fsp3) is 0.421. The molecule has 0 atom stereocenters. The number of carbonyl (C=O) groups is 1. The third-order valence-electron chi connectivity index (χ3n) is 4.39. The van der Waals surface area contributed by atoms with Gasteiger partial charge in [-0.2, -0.15) is 0 Å². The second-order valence-electron chi connectivity index (χ2n) is 6.30. The van der Waals surface area contributed by atoms with Crippen LogP contribution in [0.3, 0.4) is 0 Å². The molecule has 5 nitrogen and oxygen atoms in total. The quantitative estimate of drug-likeness (QED) is 0.819. The van der Waals surface area contributed by atoms with Gasteiger partial charge in [0.05, 0.1) is 11.9 Å². The van der Waals surface area contributed by atoms with Crippen molar-refractivity contribution in [3.63, 3.8) is 0 Å². The monoisotopic (exact) mass is 324 g/mol. The maximum atomic E-state index is 12.9. The lowest BCUT2D eigenvalue weighted by Gasteiger charge is -2.25. The first kappa shape index (κ1) is 16.6. The Morgan fingerprint density at radius 1 is 1.12 bits per heavy atom. The third-order valence-corrected chi connectivity index (χ3v) is 4.39. The first-order valence-corrected chi connectivity index (χ1v) is 8.56. The van der Waals surface area contributed by atoms with Crippen molar-refractivity contribution in [2.24, 2.45) is 0 Å². The molecule has 1 aromatic heterocycles. The van der Waals surface area contributed by atoms with Crippen LogP contribution in [0.1, 0.15) is 34.6 Å². The van der Waals surface area contributed by atoms with Crippen LogP contribution in [0, 0.1) is 6.92 Å². The van der Waals surface area contributed by atoms with Gasteiger partial charge < -0.3 is 9.80 Å². The second kappa shape index (κ2) is 8.02. The largest absolute Gasteiger partial charge is 0.332 e. The number of nitrogens with zero attached hydrogens (tertiary/aromatic N) is 4. The van der Waals surface area contributed by atoms with Gasteiger partial charge in [0, 0.05) is 25.8 Å². The van der Waals surface area contributed by atoms with Crippen molar-refractivity contribution in [1.82, 2.24) is 19.8 Å². The molecule has 0 N–H and O–H groups in total. The summed E-state index contributed by atoms with van der Waals surface area (Å²) in [7, 11) is 0. The molecule has 0 unspecified atom stereocenters.